The average molecular weight is 239 g/mol. The van der Waals surface area contributed by atoms with E-state index in [9.17, 15) is 0 Å². The molecule has 2 heterocycles. The fraction of sp³-hybridized carbons (Fsp3) is 0.833. The molecule has 5 nitrogen and oxygen atoms in total. The molecule has 1 aliphatic heterocycles. The molecule has 0 aromatic carbocycles. The van der Waals surface area contributed by atoms with E-state index in [-0.39, 0.29) is 6.10 Å². The van der Waals surface area contributed by atoms with Gasteiger partial charge in [-0.2, -0.15) is 0 Å². The summed E-state index contributed by atoms with van der Waals surface area (Å²) < 4.78 is 11.2. The number of hydrogen-bond donors (Lipinski definition) is 1. The molecule has 0 aliphatic carbocycles. The fourth-order valence-electron chi connectivity index (χ4n) is 1.90. The van der Waals surface area contributed by atoms with Crippen molar-refractivity contribution in [2.45, 2.75) is 51.7 Å². The largest absolute Gasteiger partial charge is 0.422 e. The molecule has 0 saturated carbocycles. The fourth-order valence-corrected chi connectivity index (χ4v) is 1.90. The quantitative estimate of drug-likeness (QED) is 0.849. The van der Waals surface area contributed by atoms with Crippen LogP contribution in [0.15, 0.2) is 4.42 Å². The minimum absolute atomic E-state index is 0.0167. The van der Waals surface area contributed by atoms with E-state index in [1.54, 1.807) is 0 Å². The number of ether oxygens (including phenoxy) is 1. The van der Waals surface area contributed by atoms with E-state index in [1.807, 2.05) is 0 Å². The molecule has 1 aromatic heterocycles. The van der Waals surface area contributed by atoms with Crippen molar-refractivity contribution in [3.8, 4) is 0 Å². The molecule has 17 heavy (non-hydrogen) atoms. The van der Waals surface area contributed by atoms with Gasteiger partial charge in [0.2, 0.25) is 11.8 Å². The van der Waals surface area contributed by atoms with Gasteiger partial charge in [-0.3, -0.25) is 0 Å². The smallest absolute Gasteiger partial charge is 0.245 e. The molecule has 0 amide bonds. The lowest BCUT2D eigenvalue weighted by Crippen LogP contribution is -2.25. The maximum Gasteiger partial charge on any atom is 0.245 e. The highest BCUT2D eigenvalue weighted by Crippen LogP contribution is 2.26. The van der Waals surface area contributed by atoms with Gasteiger partial charge in [-0.25, -0.2) is 0 Å². The molecule has 0 radical (unpaired) electrons. The molecule has 1 saturated heterocycles. The summed E-state index contributed by atoms with van der Waals surface area (Å²) in [5, 5.41) is 11.4. The summed E-state index contributed by atoms with van der Waals surface area (Å²) in [6.07, 6.45) is 4.10. The lowest BCUT2D eigenvalue weighted by Gasteiger charge is -2.18. The van der Waals surface area contributed by atoms with E-state index < -0.39 is 0 Å². The van der Waals surface area contributed by atoms with Crippen molar-refractivity contribution in [1.82, 2.24) is 15.5 Å². The molecule has 5 heteroatoms. The molecule has 1 aromatic rings. The van der Waals surface area contributed by atoms with Gasteiger partial charge in [0.1, 0.15) is 6.10 Å². The third kappa shape index (κ3) is 3.78. The van der Waals surface area contributed by atoms with Crippen LogP contribution in [0.1, 0.15) is 51.0 Å². The first kappa shape index (κ1) is 12.5. The highest BCUT2D eigenvalue weighted by atomic mass is 16.5. The van der Waals surface area contributed by atoms with Gasteiger partial charge in [0.25, 0.3) is 0 Å². The zero-order valence-electron chi connectivity index (χ0n) is 10.6. The zero-order valence-corrected chi connectivity index (χ0v) is 10.6. The summed E-state index contributed by atoms with van der Waals surface area (Å²) in [4.78, 5) is 0. The Morgan fingerprint density at radius 3 is 2.94 bits per heavy atom. The van der Waals surface area contributed by atoms with Crippen LogP contribution in [-0.2, 0) is 11.2 Å². The highest BCUT2D eigenvalue weighted by Gasteiger charge is 2.21. The Morgan fingerprint density at radius 2 is 2.24 bits per heavy atom. The molecule has 0 spiro atoms. The topological polar surface area (TPSA) is 60.2 Å². The first-order valence-corrected chi connectivity index (χ1v) is 6.43. The third-order valence-electron chi connectivity index (χ3n) is 2.83. The van der Waals surface area contributed by atoms with E-state index in [4.69, 9.17) is 9.15 Å². The van der Waals surface area contributed by atoms with Crippen LogP contribution in [0.2, 0.25) is 0 Å². The maximum atomic E-state index is 5.62. The molecule has 1 aliphatic rings. The molecular formula is C12H21N3O2. The Bertz CT molecular complexity index is 332. The van der Waals surface area contributed by atoms with E-state index in [1.165, 1.54) is 6.42 Å². The third-order valence-corrected chi connectivity index (χ3v) is 2.83. The molecule has 0 bridgehead atoms. The second-order valence-electron chi connectivity index (χ2n) is 4.75. The van der Waals surface area contributed by atoms with Crippen molar-refractivity contribution in [3.05, 3.63) is 11.8 Å². The normalized spacial score (nSPS) is 21.0. The van der Waals surface area contributed by atoms with Crippen molar-refractivity contribution in [2.24, 2.45) is 0 Å². The molecule has 1 N–H and O–H groups in total. The number of nitrogens with zero attached hydrogens (tertiary/aromatic N) is 2. The Hall–Kier alpha value is -0.940. The first-order valence-electron chi connectivity index (χ1n) is 6.43. The van der Waals surface area contributed by atoms with Gasteiger partial charge >= 0.3 is 0 Å². The van der Waals surface area contributed by atoms with E-state index in [0.717, 1.165) is 32.4 Å². The van der Waals surface area contributed by atoms with Gasteiger partial charge in [0.05, 0.1) is 0 Å². The zero-order chi connectivity index (χ0) is 12.1. The van der Waals surface area contributed by atoms with Crippen molar-refractivity contribution < 1.29 is 9.15 Å². The van der Waals surface area contributed by atoms with Crippen molar-refractivity contribution >= 4 is 0 Å². The summed E-state index contributed by atoms with van der Waals surface area (Å²) in [7, 11) is 0. The summed E-state index contributed by atoms with van der Waals surface area (Å²) >= 11 is 0. The highest BCUT2D eigenvalue weighted by molar-refractivity contribution is 4.88. The first-order chi connectivity index (χ1) is 8.25. The number of rotatable bonds is 5. The van der Waals surface area contributed by atoms with Crippen LogP contribution in [0, 0.1) is 0 Å². The van der Waals surface area contributed by atoms with Crippen LogP contribution >= 0.6 is 0 Å². The molecule has 1 atom stereocenters. The molecule has 1 fully saturated rings. The monoisotopic (exact) mass is 239 g/mol. The minimum Gasteiger partial charge on any atom is -0.422 e. The lowest BCUT2D eigenvalue weighted by molar-refractivity contribution is -0.00210. The standard InChI is InChI=1S/C12H21N3O2/c1-9(2)13-7-6-11-14-15-12(17-11)10-5-3-4-8-16-10/h9-10,13H,3-8H2,1-2H3. The maximum absolute atomic E-state index is 5.62. The van der Waals surface area contributed by atoms with E-state index in [0.29, 0.717) is 17.8 Å². The summed E-state index contributed by atoms with van der Waals surface area (Å²) in [6, 6.07) is 0.485. The van der Waals surface area contributed by atoms with Gasteiger partial charge in [-0.15, -0.1) is 10.2 Å². The van der Waals surface area contributed by atoms with Gasteiger partial charge in [-0.05, 0) is 19.3 Å². The Morgan fingerprint density at radius 1 is 1.35 bits per heavy atom. The van der Waals surface area contributed by atoms with Crippen LogP contribution in [0.5, 0.6) is 0 Å². The van der Waals surface area contributed by atoms with E-state index in [2.05, 4.69) is 29.4 Å². The van der Waals surface area contributed by atoms with Crippen molar-refractivity contribution in [3.63, 3.8) is 0 Å². The second-order valence-corrected chi connectivity index (χ2v) is 4.75. The van der Waals surface area contributed by atoms with Gasteiger partial charge in [0, 0.05) is 25.6 Å². The number of aromatic nitrogens is 2. The summed E-state index contributed by atoms with van der Waals surface area (Å²) in [6.45, 7) is 5.91. The van der Waals surface area contributed by atoms with Crippen LogP contribution in [0.3, 0.4) is 0 Å². The predicted octanol–water partition coefficient (Wildman–Crippen LogP) is 1.85. The van der Waals surface area contributed by atoms with Crippen molar-refractivity contribution in [2.75, 3.05) is 13.2 Å². The van der Waals surface area contributed by atoms with Gasteiger partial charge in [0.15, 0.2) is 0 Å². The van der Waals surface area contributed by atoms with Crippen LogP contribution in [0.25, 0.3) is 0 Å². The Balaban J connectivity index is 1.82. The van der Waals surface area contributed by atoms with Crippen LogP contribution in [-0.4, -0.2) is 29.4 Å². The summed E-state index contributed by atoms with van der Waals surface area (Å²) in [5.41, 5.74) is 0. The SMILES string of the molecule is CC(C)NCCc1nnc(C2CCCCO2)o1. The molecule has 2 rings (SSSR count). The summed E-state index contributed by atoms with van der Waals surface area (Å²) in [5.74, 6) is 1.34. The molecular weight excluding hydrogens is 218 g/mol. The molecule has 1 unspecified atom stereocenters. The van der Waals surface area contributed by atoms with Crippen LogP contribution < -0.4 is 5.32 Å². The predicted molar refractivity (Wildman–Crippen MR) is 63.7 cm³/mol. The average Bonchev–Trinajstić information content (AvgIpc) is 2.78. The second kappa shape index (κ2) is 6.12. The van der Waals surface area contributed by atoms with Crippen molar-refractivity contribution in [1.29, 1.82) is 0 Å². The Labute approximate surface area is 102 Å². The van der Waals surface area contributed by atoms with Crippen LogP contribution in [0.4, 0.5) is 0 Å². The Kier molecular flexibility index (Phi) is 4.50. The number of nitrogens with one attached hydrogen (secondary N) is 1. The lowest BCUT2D eigenvalue weighted by atomic mass is 10.1. The molecule has 96 valence electrons. The van der Waals surface area contributed by atoms with Gasteiger partial charge in [-0.1, -0.05) is 13.8 Å². The van der Waals surface area contributed by atoms with Gasteiger partial charge < -0.3 is 14.5 Å². The van der Waals surface area contributed by atoms with E-state index >= 15 is 0 Å². The number of hydrogen-bond acceptors (Lipinski definition) is 5. The minimum atomic E-state index is 0.0167.